The molecular weight excluding hydrogens is 356 g/mol. The predicted octanol–water partition coefficient (Wildman–Crippen LogP) is 3.38. The summed E-state index contributed by atoms with van der Waals surface area (Å²) in [6, 6.07) is 17.2. The number of amides is 1. The largest absolute Gasteiger partial charge is 0.364 e. The second-order valence-electron chi connectivity index (χ2n) is 6.54. The molecule has 0 bridgehead atoms. The molecule has 6 heteroatoms. The highest BCUT2D eigenvalue weighted by atomic mass is 32.1. The number of aromatic nitrogens is 1. The highest BCUT2D eigenvalue weighted by molar-refractivity contribution is 7.09. The molecule has 0 saturated heterocycles. The lowest BCUT2D eigenvalue weighted by Gasteiger charge is -2.36. The number of nitriles is 1. The maximum absolute atomic E-state index is 12.6. The van der Waals surface area contributed by atoms with Gasteiger partial charge in [0.2, 0.25) is 0 Å². The summed E-state index contributed by atoms with van der Waals surface area (Å²) >= 11 is 1.62. The van der Waals surface area contributed by atoms with Crippen LogP contribution in [-0.2, 0) is 13.0 Å². The van der Waals surface area contributed by atoms with Crippen LogP contribution in [0.1, 0.15) is 26.4 Å². The summed E-state index contributed by atoms with van der Waals surface area (Å²) in [5, 5.41) is 12.4. The molecule has 1 amide bonds. The van der Waals surface area contributed by atoms with Crippen molar-refractivity contribution in [2.24, 2.45) is 0 Å². The van der Waals surface area contributed by atoms with Crippen LogP contribution in [-0.4, -0.2) is 23.5 Å². The molecule has 1 aliphatic rings. The van der Waals surface area contributed by atoms with Gasteiger partial charge in [0.25, 0.3) is 5.91 Å². The fourth-order valence-corrected chi connectivity index (χ4v) is 4.04. The Morgan fingerprint density at radius 3 is 2.89 bits per heavy atom. The van der Waals surface area contributed by atoms with E-state index in [4.69, 9.17) is 0 Å². The monoisotopic (exact) mass is 374 g/mol. The zero-order chi connectivity index (χ0) is 18.6. The Kier molecular flexibility index (Phi) is 4.86. The molecule has 0 spiro atoms. The second-order valence-corrected chi connectivity index (χ2v) is 7.51. The Labute approximate surface area is 161 Å². The average Bonchev–Trinajstić information content (AvgIpc) is 3.21. The minimum absolute atomic E-state index is 0.0212. The van der Waals surface area contributed by atoms with Crippen molar-refractivity contribution in [2.45, 2.75) is 19.0 Å². The number of fused-ring (bicyclic) bond motifs is 1. The van der Waals surface area contributed by atoms with E-state index in [1.54, 1.807) is 11.3 Å². The molecular formula is C21H18N4OS. The number of nitrogens with one attached hydrogen (secondary N) is 1. The third-order valence-electron chi connectivity index (χ3n) is 4.66. The molecule has 2 aromatic carbocycles. The Hall–Kier alpha value is -3.17. The number of rotatable bonds is 4. The Morgan fingerprint density at radius 2 is 2.15 bits per heavy atom. The van der Waals surface area contributed by atoms with E-state index in [0.29, 0.717) is 17.5 Å². The van der Waals surface area contributed by atoms with E-state index < -0.39 is 0 Å². The van der Waals surface area contributed by atoms with Crippen molar-refractivity contribution in [3.05, 3.63) is 81.8 Å². The maximum Gasteiger partial charge on any atom is 0.251 e. The molecule has 0 aliphatic carbocycles. The van der Waals surface area contributed by atoms with Crippen molar-refractivity contribution < 1.29 is 4.79 Å². The summed E-state index contributed by atoms with van der Waals surface area (Å²) < 4.78 is 0. The quantitative estimate of drug-likeness (QED) is 0.760. The van der Waals surface area contributed by atoms with Crippen LogP contribution in [0.4, 0.5) is 5.69 Å². The summed E-state index contributed by atoms with van der Waals surface area (Å²) in [6.45, 7) is 1.46. The summed E-state index contributed by atoms with van der Waals surface area (Å²) in [4.78, 5) is 20.2. The van der Waals surface area contributed by atoms with Crippen molar-refractivity contribution in [3.8, 4) is 6.07 Å². The van der Waals surface area contributed by atoms with Gasteiger partial charge in [0.05, 0.1) is 29.7 Å². The third kappa shape index (κ3) is 3.83. The van der Waals surface area contributed by atoms with Crippen molar-refractivity contribution in [1.29, 1.82) is 5.26 Å². The molecule has 27 heavy (non-hydrogen) atoms. The number of benzene rings is 2. The van der Waals surface area contributed by atoms with Crippen LogP contribution in [0.3, 0.4) is 0 Å². The van der Waals surface area contributed by atoms with Gasteiger partial charge < -0.3 is 10.2 Å². The van der Waals surface area contributed by atoms with Crippen LogP contribution < -0.4 is 10.2 Å². The topological polar surface area (TPSA) is 69.0 Å². The zero-order valence-corrected chi connectivity index (χ0v) is 15.4. The van der Waals surface area contributed by atoms with Gasteiger partial charge in [-0.1, -0.05) is 18.2 Å². The average molecular weight is 374 g/mol. The fourth-order valence-electron chi connectivity index (χ4n) is 3.43. The molecule has 0 fully saturated rings. The molecule has 1 aliphatic heterocycles. The molecule has 134 valence electrons. The van der Waals surface area contributed by atoms with Crippen LogP contribution in [0.15, 0.2) is 60.2 Å². The Balaban J connectivity index is 1.59. The van der Waals surface area contributed by atoms with Gasteiger partial charge in [-0.25, -0.2) is 0 Å². The molecule has 1 aromatic heterocycles. The number of hydrogen-bond donors (Lipinski definition) is 1. The van der Waals surface area contributed by atoms with Crippen LogP contribution in [0.2, 0.25) is 0 Å². The van der Waals surface area contributed by atoms with E-state index in [0.717, 1.165) is 24.3 Å². The first-order valence-electron chi connectivity index (χ1n) is 8.74. The SMILES string of the molecule is N#Cc1ccc2c(c1)CC(NC(=O)c1ccccc1)CN2Cc1cncs1. The number of anilines is 1. The van der Waals surface area contributed by atoms with Crippen molar-refractivity contribution in [1.82, 2.24) is 10.3 Å². The normalized spacial score (nSPS) is 15.7. The lowest BCUT2D eigenvalue weighted by molar-refractivity contribution is 0.0937. The smallest absolute Gasteiger partial charge is 0.251 e. The van der Waals surface area contributed by atoms with E-state index in [2.05, 4.69) is 21.3 Å². The fraction of sp³-hybridized carbons (Fsp3) is 0.190. The summed E-state index contributed by atoms with van der Waals surface area (Å²) in [6.07, 6.45) is 2.59. The minimum Gasteiger partial charge on any atom is -0.364 e. The molecule has 1 atom stereocenters. The Bertz CT molecular complexity index is 979. The molecule has 0 saturated carbocycles. The van der Waals surface area contributed by atoms with E-state index in [-0.39, 0.29) is 11.9 Å². The molecule has 1 unspecified atom stereocenters. The molecule has 0 radical (unpaired) electrons. The highest BCUT2D eigenvalue weighted by Crippen LogP contribution is 2.30. The summed E-state index contributed by atoms with van der Waals surface area (Å²) in [5.41, 5.74) is 5.33. The van der Waals surface area contributed by atoms with Crippen LogP contribution >= 0.6 is 11.3 Å². The number of carbonyl (C=O) groups is 1. The number of nitrogens with zero attached hydrogens (tertiary/aromatic N) is 3. The number of hydrogen-bond acceptors (Lipinski definition) is 5. The van der Waals surface area contributed by atoms with Gasteiger partial charge in [0.15, 0.2) is 0 Å². The molecule has 3 aromatic rings. The van der Waals surface area contributed by atoms with Crippen molar-refractivity contribution >= 4 is 22.9 Å². The van der Waals surface area contributed by atoms with E-state index in [1.807, 2.05) is 60.2 Å². The molecule has 5 nitrogen and oxygen atoms in total. The third-order valence-corrected chi connectivity index (χ3v) is 5.42. The van der Waals surface area contributed by atoms with Crippen LogP contribution in [0.5, 0.6) is 0 Å². The first-order chi connectivity index (χ1) is 13.2. The van der Waals surface area contributed by atoms with Gasteiger partial charge in [0, 0.05) is 28.9 Å². The van der Waals surface area contributed by atoms with Crippen molar-refractivity contribution in [3.63, 3.8) is 0 Å². The van der Waals surface area contributed by atoms with E-state index in [1.165, 1.54) is 4.88 Å². The highest BCUT2D eigenvalue weighted by Gasteiger charge is 2.26. The van der Waals surface area contributed by atoms with E-state index in [9.17, 15) is 10.1 Å². The van der Waals surface area contributed by atoms with Gasteiger partial charge in [0.1, 0.15) is 0 Å². The van der Waals surface area contributed by atoms with Crippen LogP contribution in [0, 0.1) is 11.3 Å². The van der Waals surface area contributed by atoms with Gasteiger partial charge in [-0.2, -0.15) is 5.26 Å². The second kappa shape index (κ2) is 7.60. The summed E-state index contributed by atoms with van der Waals surface area (Å²) in [5.74, 6) is -0.0711. The molecule has 2 heterocycles. The Morgan fingerprint density at radius 1 is 1.30 bits per heavy atom. The standard InChI is InChI=1S/C21H18N4OS/c22-10-15-6-7-20-17(8-15)9-18(12-25(20)13-19-11-23-14-27-19)24-21(26)16-4-2-1-3-5-16/h1-8,11,14,18H,9,12-13H2,(H,24,26). The molecule has 4 rings (SSSR count). The molecule has 1 N–H and O–H groups in total. The lowest BCUT2D eigenvalue weighted by atomic mass is 9.95. The van der Waals surface area contributed by atoms with Gasteiger partial charge in [-0.15, -0.1) is 11.3 Å². The van der Waals surface area contributed by atoms with Crippen molar-refractivity contribution in [2.75, 3.05) is 11.4 Å². The lowest BCUT2D eigenvalue weighted by Crippen LogP contribution is -2.48. The van der Waals surface area contributed by atoms with Crippen LogP contribution in [0.25, 0.3) is 0 Å². The number of carbonyl (C=O) groups excluding carboxylic acids is 1. The predicted molar refractivity (Wildman–Crippen MR) is 106 cm³/mol. The first kappa shape index (κ1) is 17.3. The maximum atomic E-state index is 12.6. The van der Waals surface area contributed by atoms with Gasteiger partial charge in [-0.05, 0) is 42.3 Å². The van der Waals surface area contributed by atoms with E-state index >= 15 is 0 Å². The van der Waals surface area contributed by atoms with Gasteiger partial charge >= 0.3 is 0 Å². The first-order valence-corrected chi connectivity index (χ1v) is 9.62. The minimum atomic E-state index is -0.0711. The summed E-state index contributed by atoms with van der Waals surface area (Å²) in [7, 11) is 0. The number of thiazole rings is 1. The van der Waals surface area contributed by atoms with Gasteiger partial charge in [-0.3, -0.25) is 9.78 Å². The zero-order valence-electron chi connectivity index (χ0n) is 14.6.